The van der Waals surface area contributed by atoms with Gasteiger partial charge in [0.25, 0.3) is 0 Å². The second kappa shape index (κ2) is 4.18. The van der Waals surface area contributed by atoms with Crippen molar-refractivity contribution in [3.8, 4) is 16.3 Å². The molecule has 0 fully saturated rings. The molecule has 0 spiro atoms. The fraction of sp³-hybridized carbons (Fsp3) is 0.100. The second-order valence-electron chi connectivity index (χ2n) is 2.77. The third kappa shape index (κ3) is 2.02. The van der Waals surface area contributed by atoms with E-state index in [1.807, 2.05) is 6.07 Å². The summed E-state index contributed by atoms with van der Waals surface area (Å²) in [5.74, 6) is 0.568. The van der Waals surface area contributed by atoms with E-state index in [9.17, 15) is 4.79 Å². The van der Waals surface area contributed by atoms with Crippen molar-refractivity contribution in [2.24, 2.45) is 0 Å². The molecule has 4 nitrogen and oxygen atoms in total. The minimum absolute atomic E-state index is 0.473. The van der Waals surface area contributed by atoms with E-state index in [2.05, 4.69) is 9.97 Å². The van der Waals surface area contributed by atoms with E-state index >= 15 is 0 Å². The standard InChI is InChI=1S/C10H8N2O2S/c1-14-9-3-2-7(4-11-9)8-5-12-10(6-13)15-8/h2-6H,1H3. The van der Waals surface area contributed by atoms with E-state index in [-0.39, 0.29) is 0 Å². The number of hydrogen-bond acceptors (Lipinski definition) is 5. The van der Waals surface area contributed by atoms with E-state index in [4.69, 9.17) is 4.74 Å². The minimum atomic E-state index is 0.473. The van der Waals surface area contributed by atoms with Crippen molar-refractivity contribution in [2.45, 2.75) is 0 Å². The van der Waals surface area contributed by atoms with Crippen molar-refractivity contribution in [1.29, 1.82) is 0 Å². The van der Waals surface area contributed by atoms with Crippen LogP contribution < -0.4 is 4.74 Å². The molecule has 0 aliphatic heterocycles. The zero-order valence-corrected chi connectivity index (χ0v) is 8.82. The summed E-state index contributed by atoms with van der Waals surface area (Å²) < 4.78 is 4.95. The van der Waals surface area contributed by atoms with Gasteiger partial charge in [-0.25, -0.2) is 9.97 Å². The highest BCUT2D eigenvalue weighted by Crippen LogP contribution is 2.25. The van der Waals surface area contributed by atoms with Crippen LogP contribution >= 0.6 is 11.3 Å². The normalized spacial score (nSPS) is 9.93. The van der Waals surface area contributed by atoms with Crippen molar-refractivity contribution in [3.05, 3.63) is 29.5 Å². The molecule has 76 valence electrons. The molecule has 5 heteroatoms. The predicted molar refractivity (Wildman–Crippen MR) is 57.3 cm³/mol. The molecular weight excluding hydrogens is 212 g/mol. The summed E-state index contributed by atoms with van der Waals surface area (Å²) in [5, 5.41) is 0.473. The molecule has 2 aromatic heterocycles. The number of ether oxygens (including phenoxy) is 1. The molecule has 0 bridgehead atoms. The number of rotatable bonds is 3. The first-order valence-corrected chi connectivity index (χ1v) is 5.06. The molecule has 2 heterocycles. The minimum Gasteiger partial charge on any atom is -0.481 e. The van der Waals surface area contributed by atoms with Crippen LogP contribution in [0, 0.1) is 0 Å². The number of aromatic nitrogens is 2. The Balaban J connectivity index is 2.32. The van der Waals surface area contributed by atoms with Gasteiger partial charge in [0, 0.05) is 24.0 Å². The first-order valence-electron chi connectivity index (χ1n) is 4.25. The zero-order chi connectivity index (χ0) is 10.7. The SMILES string of the molecule is COc1ccc(-c2cnc(C=O)s2)cn1. The summed E-state index contributed by atoms with van der Waals surface area (Å²) in [6.07, 6.45) is 4.10. The first-order chi connectivity index (χ1) is 7.33. The van der Waals surface area contributed by atoms with Crippen LogP contribution in [0.25, 0.3) is 10.4 Å². The second-order valence-corrected chi connectivity index (χ2v) is 3.83. The molecule has 2 aromatic rings. The van der Waals surface area contributed by atoms with Crippen LogP contribution in [0.5, 0.6) is 5.88 Å². The lowest BCUT2D eigenvalue weighted by Gasteiger charge is -1.98. The Hall–Kier alpha value is -1.75. The average molecular weight is 220 g/mol. The summed E-state index contributed by atoms with van der Waals surface area (Å²) in [7, 11) is 1.57. The quantitative estimate of drug-likeness (QED) is 0.742. The Morgan fingerprint density at radius 3 is 2.73 bits per heavy atom. The molecule has 0 aromatic carbocycles. The highest BCUT2D eigenvalue weighted by atomic mass is 32.1. The monoisotopic (exact) mass is 220 g/mol. The van der Waals surface area contributed by atoms with Crippen LogP contribution in [0.2, 0.25) is 0 Å². The Morgan fingerprint density at radius 1 is 1.33 bits per heavy atom. The molecule has 0 aliphatic carbocycles. The molecule has 0 radical (unpaired) electrons. The van der Waals surface area contributed by atoms with Gasteiger partial charge in [-0.2, -0.15) is 0 Å². The predicted octanol–water partition coefficient (Wildman–Crippen LogP) is 2.03. The summed E-state index contributed by atoms with van der Waals surface area (Å²) in [4.78, 5) is 19.4. The Labute approximate surface area is 90.6 Å². The number of pyridine rings is 1. The number of thiazole rings is 1. The Kier molecular flexibility index (Phi) is 2.73. The molecule has 0 saturated heterocycles. The van der Waals surface area contributed by atoms with Crippen molar-refractivity contribution in [1.82, 2.24) is 9.97 Å². The zero-order valence-electron chi connectivity index (χ0n) is 8.01. The van der Waals surface area contributed by atoms with Crippen molar-refractivity contribution < 1.29 is 9.53 Å². The maximum Gasteiger partial charge on any atom is 0.212 e. The molecular formula is C10H8N2O2S. The summed E-state index contributed by atoms with van der Waals surface area (Å²) >= 11 is 1.34. The largest absolute Gasteiger partial charge is 0.481 e. The number of hydrogen-bond donors (Lipinski definition) is 0. The smallest absolute Gasteiger partial charge is 0.212 e. The number of methoxy groups -OCH3 is 1. The van der Waals surface area contributed by atoms with Gasteiger partial charge >= 0.3 is 0 Å². The molecule has 15 heavy (non-hydrogen) atoms. The van der Waals surface area contributed by atoms with Crippen LogP contribution in [-0.2, 0) is 0 Å². The van der Waals surface area contributed by atoms with Crippen LogP contribution in [0.4, 0.5) is 0 Å². The van der Waals surface area contributed by atoms with Gasteiger partial charge in [0.1, 0.15) is 0 Å². The van der Waals surface area contributed by atoms with Crippen LogP contribution in [0.15, 0.2) is 24.5 Å². The van der Waals surface area contributed by atoms with Crippen LogP contribution in [0.3, 0.4) is 0 Å². The van der Waals surface area contributed by atoms with E-state index in [0.29, 0.717) is 10.9 Å². The summed E-state index contributed by atoms with van der Waals surface area (Å²) in [6, 6.07) is 3.66. The van der Waals surface area contributed by atoms with E-state index in [1.165, 1.54) is 11.3 Å². The maximum atomic E-state index is 10.5. The molecule has 0 amide bonds. The van der Waals surface area contributed by atoms with E-state index < -0.39 is 0 Å². The fourth-order valence-electron chi connectivity index (χ4n) is 1.12. The lowest BCUT2D eigenvalue weighted by Crippen LogP contribution is -1.85. The van der Waals surface area contributed by atoms with Gasteiger partial charge in [0.15, 0.2) is 11.3 Å². The number of aldehydes is 1. The molecule has 0 atom stereocenters. The highest BCUT2D eigenvalue weighted by molar-refractivity contribution is 7.16. The maximum absolute atomic E-state index is 10.5. The molecule has 0 saturated carbocycles. The number of nitrogens with zero attached hydrogens (tertiary/aromatic N) is 2. The average Bonchev–Trinajstić information content (AvgIpc) is 2.78. The van der Waals surface area contributed by atoms with Gasteiger partial charge in [0.2, 0.25) is 5.88 Å². The van der Waals surface area contributed by atoms with Crippen LogP contribution in [-0.4, -0.2) is 23.4 Å². The highest BCUT2D eigenvalue weighted by Gasteiger charge is 2.04. The lowest BCUT2D eigenvalue weighted by molar-refractivity contribution is 0.112. The van der Waals surface area contributed by atoms with Gasteiger partial charge in [-0.1, -0.05) is 0 Å². The molecule has 0 unspecified atom stereocenters. The molecule has 2 rings (SSSR count). The number of carbonyl (C=O) groups is 1. The van der Waals surface area contributed by atoms with Gasteiger partial charge in [0.05, 0.1) is 12.0 Å². The van der Waals surface area contributed by atoms with Crippen LogP contribution in [0.1, 0.15) is 9.80 Å². The Bertz CT molecular complexity index is 465. The molecule has 0 N–H and O–H groups in total. The van der Waals surface area contributed by atoms with Crippen molar-refractivity contribution in [3.63, 3.8) is 0 Å². The first kappa shape index (κ1) is 9.79. The number of carbonyl (C=O) groups excluding carboxylic acids is 1. The third-order valence-electron chi connectivity index (χ3n) is 1.85. The summed E-state index contributed by atoms with van der Waals surface area (Å²) in [6.45, 7) is 0. The fourth-order valence-corrected chi connectivity index (χ4v) is 1.85. The van der Waals surface area contributed by atoms with Gasteiger partial charge < -0.3 is 4.74 Å². The Morgan fingerprint density at radius 2 is 2.20 bits per heavy atom. The van der Waals surface area contributed by atoms with Gasteiger partial charge in [-0.15, -0.1) is 11.3 Å². The van der Waals surface area contributed by atoms with E-state index in [0.717, 1.165) is 16.7 Å². The van der Waals surface area contributed by atoms with Crippen molar-refractivity contribution >= 4 is 17.6 Å². The van der Waals surface area contributed by atoms with E-state index in [1.54, 1.807) is 25.6 Å². The topological polar surface area (TPSA) is 52.1 Å². The summed E-state index contributed by atoms with van der Waals surface area (Å²) in [5.41, 5.74) is 0.932. The van der Waals surface area contributed by atoms with Gasteiger partial charge in [-0.05, 0) is 6.07 Å². The van der Waals surface area contributed by atoms with Crippen molar-refractivity contribution in [2.75, 3.05) is 7.11 Å². The van der Waals surface area contributed by atoms with Gasteiger partial charge in [-0.3, -0.25) is 4.79 Å². The lowest BCUT2D eigenvalue weighted by atomic mass is 10.2. The molecule has 0 aliphatic rings. The third-order valence-corrected chi connectivity index (χ3v) is 2.83.